The molecule has 1 aliphatic heterocycles. The van der Waals surface area contributed by atoms with Crippen LogP contribution in [-0.2, 0) is 5.41 Å². The number of hydrogen-bond acceptors (Lipinski definition) is 3. The van der Waals surface area contributed by atoms with Crippen molar-refractivity contribution < 1.29 is 0 Å². The van der Waals surface area contributed by atoms with Gasteiger partial charge in [-0.1, -0.05) is 115 Å². The molecule has 2 aliphatic rings. The molecule has 4 aromatic heterocycles. The van der Waals surface area contributed by atoms with Crippen molar-refractivity contribution in [2.24, 2.45) is 0 Å². The molecule has 7 aromatic carbocycles. The third-order valence-electron chi connectivity index (χ3n) is 12.7. The standard InChI is InChI=1S/C54H31N5S/c1-55-35-23-26-49-41(30-35)39-15-6-9-19-47(39)59(49)37-31-45-53(57-32-37)52-44(17-11-27-56-52)54(45)42-16-7-10-20-50(42)60-51-29-34(21-24-43(51)54)33-22-25-48-40(28-33)38-14-5-8-18-46(38)58(48)36-12-3-2-4-13-36/h2-32H. The second kappa shape index (κ2) is 12.4. The summed E-state index contributed by atoms with van der Waals surface area (Å²) in [5.74, 6) is 0. The Kier molecular flexibility index (Phi) is 6.87. The van der Waals surface area contributed by atoms with E-state index in [9.17, 15) is 0 Å². The van der Waals surface area contributed by atoms with Gasteiger partial charge in [0.15, 0.2) is 5.69 Å². The summed E-state index contributed by atoms with van der Waals surface area (Å²) in [6.45, 7) is 7.73. The zero-order valence-corrected chi connectivity index (χ0v) is 32.9. The van der Waals surface area contributed by atoms with Crippen LogP contribution in [0.15, 0.2) is 198 Å². The summed E-state index contributed by atoms with van der Waals surface area (Å²) in [5, 5.41) is 4.64. The van der Waals surface area contributed by atoms with Crippen molar-refractivity contribution in [2.75, 3.05) is 0 Å². The van der Waals surface area contributed by atoms with Gasteiger partial charge in [0.2, 0.25) is 0 Å². The van der Waals surface area contributed by atoms with E-state index in [-0.39, 0.29) is 0 Å². The summed E-state index contributed by atoms with van der Waals surface area (Å²) in [6.07, 6.45) is 3.88. The summed E-state index contributed by atoms with van der Waals surface area (Å²) in [6, 6.07) is 63.3. The van der Waals surface area contributed by atoms with Gasteiger partial charge in [0.1, 0.15) is 0 Å². The number of nitrogens with zero attached hydrogens (tertiary/aromatic N) is 5. The fourth-order valence-electron chi connectivity index (χ4n) is 10.2. The van der Waals surface area contributed by atoms with Crippen LogP contribution in [0.4, 0.5) is 5.69 Å². The number of aromatic nitrogens is 4. The fourth-order valence-corrected chi connectivity index (χ4v) is 11.4. The average Bonchev–Trinajstić information content (AvgIpc) is 3.93. The first-order valence-corrected chi connectivity index (χ1v) is 20.9. The van der Waals surface area contributed by atoms with E-state index in [4.69, 9.17) is 16.5 Å². The lowest BCUT2D eigenvalue weighted by Crippen LogP contribution is -2.32. The Balaban J connectivity index is 1.04. The van der Waals surface area contributed by atoms with Crippen LogP contribution in [0.3, 0.4) is 0 Å². The molecule has 60 heavy (non-hydrogen) atoms. The number of benzene rings is 7. The summed E-state index contributed by atoms with van der Waals surface area (Å²) in [5.41, 5.74) is 15.5. The van der Waals surface area contributed by atoms with Crippen LogP contribution in [0, 0.1) is 6.57 Å². The first-order chi connectivity index (χ1) is 29.7. The van der Waals surface area contributed by atoms with Crippen LogP contribution in [0.25, 0.3) is 82.3 Å². The molecule has 6 heteroatoms. The monoisotopic (exact) mass is 781 g/mol. The summed E-state index contributed by atoms with van der Waals surface area (Å²) < 4.78 is 4.67. The van der Waals surface area contributed by atoms with Crippen molar-refractivity contribution >= 4 is 61.1 Å². The molecule has 1 unspecified atom stereocenters. The molecule has 1 atom stereocenters. The lowest BCUT2D eigenvalue weighted by atomic mass is 9.67. The van der Waals surface area contributed by atoms with Gasteiger partial charge in [0.05, 0.1) is 57.3 Å². The third-order valence-corrected chi connectivity index (χ3v) is 13.8. The number of hydrogen-bond donors (Lipinski definition) is 0. The second-order valence-electron chi connectivity index (χ2n) is 15.6. The van der Waals surface area contributed by atoms with Gasteiger partial charge in [-0.25, -0.2) is 4.85 Å². The predicted octanol–water partition coefficient (Wildman–Crippen LogP) is 13.7. The molecule has 5 nitrogen and oxygen atoms in total. The highest BCUT2D eigenvalue weighted by Crippen LogP contribution is 2.62. The maximum Gasteiger partial charge on any atom is 0.188 e. The molecule has 1 spiro atoms. The maximum absolute atomic E-state index is 7.73. The smallest absolute Gasteiger partial charge is 0.188 e. The molecule has 0 saturated carbocycles. The first kappa shape index (κ1) is 33.3. The lowest BCUT2D eigenvalue weighted by molar-refractivity contribution is 0.719. The Labute approximate surface area is 349 Å². The van der Waals surface area contributed by atoms with Gasteiger partial charge in [0.25, 0.3) is 0 Å². The summed E-state index contributed by atoms with van der Waals surface area (Å²) in [7, 11) is 0. The molecule has 0 amide bonds. The van der Waals surface area contributed by atoms with Crippen molar-refractivity contribution in [3.8, 4) is 33.9 Å². The average molecular weight is 782 g/mol. The Morgan fingerprint density at radius 2 is 1.07 bits per heavy atom. The number of fused-ring (bicyclic) bond motifs is 15. The Hall–Kier alpha value is -7.72. The van der Waals surface area contributed by atoms with Crippen molar-refractivity contribution in [1.82, 2.24) is 19.1 Å². The molecule has 0 bridgehead atoms. The predicted molar refractivity (Wildman–Crippen MR) is 244 cm³/mol. The molecular weight excluding hydrogens is 751 g/mol. The highest BCUT2D eigenvalue weighted by atomic mass is 32.2. The zero-order chi connectivity index (χ0) is 39.5. The number of pyridine rings is 2. The molecule has 11 aromatic rings. The molecule has 278 valence electrons. The van der Waals surface area contributed by atoms with Gasteiger partial charge >= 0.3 is 0 Å². The van der Waals surface area contributed by atoms with Gasteiger partial charge in [-0.15, -0.1) is 0 Å². The molecular formula is C54H31N5S. The van der Waals surface area contributed by atoms with E-state index >= 15 is 0 Å². The van der Waals surface area contributed by atoms with Crippen LogP contribution < -0.4 is 0 Å². The Morgan fingerprint density at radius 1 is 0.450 bits per heavy atom. The highest BCUT2D eigenvalue weighted by Gasteiger charge is 2.51. The van der Waals surface area contributed by atoms with Crippen molar-refractivity contribution in [3.63, 3.8) is 0 Å². The van der Waals surface area contributed by atoms with Crippen LogP contribution in [0.5, 0.6) is 0 Å². The van der Waals surface area contributed by atoms with Gasteiger partial charge in [-0.2, -0.15) is 0 Å². The van der Waals surface area contributed by atoms with E-state index in [0.29, 0.717) is 5.69 Å². The van der Waals surface area contributed by atoms with Gasteiger partial charge < -0.3 is 9.13 Å². The van der Waals surface area contributed by atoms with Crippen LogP contribution >= 0.6 is 11.8 Å². The zero-order valence-electron chi connectivity index (χ0n) is 32.0. The molecule has 1 aliphatic carbocycles. The van der Waals surface area contributed by atoms with Crippen molar-refractivity contribution in [2.45, 2.75) is 15.2 Å². The quantitative estimate of drug-likeness (QED) is 0.168. The summed E-state index contributed by atoms with van der Waals surface area (Å²) >= 11 is 1.84. The Bertz CT molecular complexity index is 3670. The number of para-hydroxylation sites is 3. The molecule has 0 fully saturated rings. The normalized spacial score (nSPS) is 15.0. The minimum Gasteiger partial charge on any atom is -0.309 e. The van der Waals surface area contributed by atoms with Gasteiger partial charge in [0, 0.05) is 43.4 Å². The number of rotatable bonds is 3. The van der Waals surface area contributed by atoms with Crippen molar-refractivity contribution in [3.05, 3.63) is 222 Å². The minimum atomic E-state index is -0.652. The van der Waals surface area contributed by atoms with E-state index in [1.54, 1.807) is 0 Å². The van der Waals surface area contributed by atoms with E-state index in [0.717, 1.165) is 55.7 Å². The lowest BCUT2D eigenvalue weighted by Gasteiger charge is -2.39. The van der Waals surface area contributed by atoms with Crippen LogP contribution in [0.2, 0.25) is 0 Å². The van der Waals surface area contributed by atoms with Gasteiger partial charge in [-0.3, -0.25) is 9.97 Å². The van der Waals surface area contributed by atoms with Crippen molar-refractivity contribution in [1.29, 1.82) is 0 Å². The largest absolute Gasteiger partial charge is 0.309 e. The van der Waals surface area contributed by atoms with E-state index in [1.165, 1.54) is 53.9 Å². The van der Waals surface area contributed by atoms with E-state index in [2.05, 4.69) is 178 Å². The third kappa shape index (κ3) is 4.42. The van der Waals surface area contributed by atoms with Gasteiger partial charge in [-0.05, 0) is 106 Å². The Morgan fingerprint density at radius 3 is 1.88 bits per heavy atom. The molecule has 0 N–H and O–H groups in total. The van der Waals surface area contributed by atoms with E-state index in [1.807, 2.05) is 36.3 Å². The van der Waals surface area contributed by atoms with Crippen LogP contribution in [0.1, 0.15) is 22.3 Å². The minimum absolute atomic E-state index is 0.629. The maximum atomic E-state index is 7.73. The van der Waals surface area contributed by atoms with E-state index < -0.39 is 5.41 Å². The first-order valence-electron chi connectivity index (χ1n) is 20.1. The summed E-state index contributed by atoms with van der Waals surface area (Å²) in [4.78, 5) is 16.5. The molecule has 13 rings (SSSR count). The SMILES string of the molecule is [C-]#[N+]c1ccc2c(c1)c1ccccc1n2-c1cnc2c(c1)C1(c3ccccc3Sc3cc(-c4ccc5c(c4)c4ccccc4n5-c4ccccc4)ccc31)c1cccnc1-2. The molecule has 0 saturated heterocycles. The topological polar surface area (TPSA) is 40.0 Å². The molecule has 5 heterocycles. The molecule has 0 radical (unpaired) electrons. The fraction of sp³-hybridized carbons (Fsp3) is 0.0185. The highest BCUT2D eigenvalue weighted by molar-refractivity contribution is 7.99. The second-order valence-corrected chi connectivity index (χ2v) is 16.7. The van der Waals surface area contributed by atoms with Crippen LogP contribution in [-0.4, -0.2) is 19.1 Å².